The number of thioether (sulfide) groups is 1. The fourth-order valence-electron chi connectivity index (χ4n) is 1.53. The molecule has 0 saturated carbocycles. The molecule has 2 N–H and O–H groups in total. The number of hydrogen-bond donors (Lipinski definition) is 1. The second-order valence-electron chi connectivity index (χ2n) is 4.32. The highest BCUT2D eigenvalue weighted by atomic mass is 35.5. The lowest BCUT2D eigenvalue weighted by Crippen LogP contribution is -2.27. The van der Waals surface area contributed by atoms with Crippen molar-refractivity contribution in [3.8, 4) is 0 Å². The third-order valence-electron chi connectivity index (χ3n) is 2.36. The summed E-state index contributed by atoms with van der Waals surface area (Å²) in [5, 5.41) is 5.66. The van der Waals surface area contributed by atoms with Crippen molar-refractivity contribution in [2.24, 2.45) is 12.8 Å². The Kier molecular flexibility index (Phi) is 5.15. The smallest absolute Gasteiger partial charge is 0.0847 e. The van der Waals surface area contributed by atoms with Gasteiger partial charge in [-0.25, -0.2) is 0 Å². The third kappa shape index (κ3) is 3.68. The molecule has 16 heavy (non-hydrogen) atoms. The summed E-state index contributed by atoms with van der Waals surface area (Å²) in [5.41, 5.74) is 8.00. The molecular formula is C11H20ClN3S. The van der Waals surface area contributed by atoms with Gasteiger partial charge < -0.3 is 5.73 Å². The van der Waals surface area contributed by atoms with E-state index >= 15 is 0 Å². The maximum absolute atomic E-state index is 6.18. The molecule has 0 amide bonds. The summed E-state index contributed by atoms with van der Waals surface area (Å²) in [6.07, 6.45) is 0.788. The van der Waals surface area contributed by atoms with Crippen LogP contribution < -0.4 is 5.73 Å². The van der Waals surface area contributed by atoms with Crippen molar-refractivity contribution in [2.75, 3.05) is 5.75 Å². The van der Waals surface area contributed by atoms with Crippen LogP contribution in [0.5, 0.6) is 0 Å². The predicted octanol–water partition coefficient (Wildman–Crippen LogP) is 2.39. The Morgan fingerprint density at radius 2 is 2.12 bits per heavy atom. The van der Waals surface area contributed by atoms with Gasteiger partial charge in [-0.1, -0.05) is 25.4 Å². The first-order valence-electron chi connectivity index (χ1n) is 5.47. The van der Waals surface area contributed by atoms with Gasteiger partial charge in [-0.2, -0.15) is 16.9 Å². The third-order valence-corrected chi connectivity index (χ3v) is 4.14. The van der Waals surface area contributed by atoms with Gasteiger partial charge in [0.2, 0.25) is 0 Å². The SMILES string of the molecule is Cc1nn(C)c(CC(N)CSC(C)C)c1Cl. The summed E-state index contributed by atoms with van der Waals surface area (Å²) in [5.74, 6) is 0.957. The number of nitrogens with two attached hydrogens (primary N) is 1. The minimum atomic E-state index is 0.139. The fourth-order valence-corrected chi connectivity index (χ4v) is 2.51. The molecule has 1 aromatic heterocycles. The zero-order valence-electron chi connectivity index (χ0n) is 10.3. The zero-order chi connectivity index (χ0) is 12.3. The summed E-state index contributed by atoms with van der Waals surface area (Å²) < 4.78 is 1.83. The van der Waals surface area contributed by atoms with E-state index in [0.717, 1.165) is 28.6 Å². The highest BCUT2D eigenvalue weighted by molar-refractivity contribution is 7.99. The van der Waals surface area contributed by atoms with Crippen LogP contribution in [0.4, 0.5) is 0 Å². The molecule has 0 aromatic carbocycles. The van der Waals surface area contributed by atoms with E-state index in [1.807, 2.05) is 30.4 Å². The van der Waals surface area contributed by atoms with Gasteiger partial charge in [0.05, 0.1) is 16.4 Å². The Labute approximate surface area is 107 Å². The quantitative estimate of drug-likeness (QED) is 0.885. The van der Waals surface area contributed by atoms with E-state index in [2.05, 4.69) is 18.9 Å². The molecule has 0 fully saturated rings. The Morgan fingerprint density at radius 3 is 2.56 bits per heavy atom. The number of rotatable bonds is 5. The van der Waals surface area contributed by atoms with Crippen molar-refractivity contribution >= 4 is 23.4 Å². The molecule has 0 radical (unpaired) electrons. The first-order chi connectivity index (χ1) is 7.41. The van der Waals surface area contributed by atoms with Gasteiger partial charge in [-0.05, 0) is 12.2 Å². The fraction of sp³-hybridized carbons (Fsp3) is 0.727. The van der Waals surface area contributed by atoms with E-state index < -0.39 is 0 Å². The average Bonchev–Trinajstić information content (AvgIpc) is 2.42. The van der Waals surface area contributed by atoms with E-state index in [0.29, 0.717) is 5.25 Å². The first kappa shape index (κ1) is 13.9. The highest BCUT2D eigenvalue weighted by Crippen LogP contribution is 2.21. The van der Waals surface area contributed by atoms with Crippen molar-refractivity contribution < 1.29 is 0 Å². The largest absolute Gasteiger partial charge is 0.327 e. The van der Waals surface area contributed by atoms with E-state index in [-0.39, 0.29) is 6.04 Å². The zero-order valence-corrected chi connectivity index (χ0v) is 11.9. The van der Waals surface area contributed by atoms with Crippen molar-refractivity contribution in [1.82, 2.24) is 9.78 Å². The number of hydrogen-bond acceptors (Lipinski definition) is 3. The van der Waals surface area contributed by atoms with E-state index in [9.17, 15) is 0 Å². The lowest BCUT2D eigenvalue weighted by atomic mass is 10.2. The summed E-state index contributed by atoms with van der Waals surface area (Å²) in [6.45, 7) is 6.28. The molecular weight excluding hydrogens is 242 g/mol. The molecule has 1 rings (SSSR count). The predicted molar refractivity (Wildman–Crippen MR) is 72.2 cm³/mol. The number of aromatic nitrogens is 2. The highest BCUT2D eigenvalue weighted by Gasteiger charge is 2.14. The summed E-state index contributed by atoms with van der Waals surface area (Å²) in [6, 6.07) is 0.139. The average molecular weight is 262 g/mol. The van der Waals surface area contributed by atoms with Crippen LogP contribution >= 0.6 is 23.4 Å². The Hall–Kier alpha value is -0.190. The lowest BCUT2D eigenvalue weighted by Gasteiger charge is -2.13. The van der Waals surface area contributed by atoms with Gasteiger partial charge in [0, 0.05) is 25.3 Å². The molecule has 0 saturated heterocycles. The van der Waals surface area contributed by atoms with Crippen molar-refractivity contribution in [3.63, 3.8) is 0 Å². The summed E-state index contributed by atoms with van der Waals surface area (Å²) in [4.78, 5) is 0. The molecule has 1 unspecified atom stereocenters. The lowest BCUT2D eigenvalue weighted by molar-refractivity contribution is 0.652. The van der Waals surface area contributed by atoms with Gasteiger partial charge in [0.15, 0.2) is 0 Å². The van der Waals surface area contributed by atoms with Crippen LogP contribution in [0, 0.1) is 6.92 Å². The molecule has 5 heteroatoms. The van der Waals surface area contributed by atoms with Gasteiger partial charge in [0.25, 0.3) is 0 Å². The minimum Gasteiger partial charge on any atom is -0.327 e. The Balaban J connectivity index is 2.59. The van der Waals surface area contributed by atoms with Crippen LogP contribution in [-0.4, -0.2) is 26.8 Å². The minimum absolute atomic E-state index is 0.139. The van der Waals surface area contributed by atoms with Crippen LogP contribution in [-0.2, 0) is 13.5 Å². The van der Waals surface area contributed by atoms with Crippen LogP contribution in [0.25, 0.3) is 0 Å². The van der Waals surface area contributed by atoms with Gasteiger partial charge in [-0.15, -0.1) is 0 Å². The van der Waals surface area contributed by atoms with Crippen LogP contribution in [0.3, 0.4) is 0 Å². The molecule has 0 aliphatic heterocycles. The number of halogens is 1. The first-order valence-corrected chi connectivity index (χ1v) is 6.89. The Bertz CT molecular complexity index is 349. The molecule has 1 atom stereocenters. The normalized spacial score (nSPS) is 13.4. The maximum Gasteiger partial charge on any atom is 0.0847 e. The second kappa shape index (κ2) is 5.94. The Morgan fingerprint density at radius 1 is 1.50 bits per heavy atom. The second-order valence-corrected chi connectivity index (χ2v) is 6.30. The molecule has 0 bridgehead atoms. The molecule has 3 nitrogen and oxygen atoms in total. The number of aryl methyl sites for hydroxylation is 2. The summed E-state index contributed by atoms with van der Waals surface area (Å²) >= 11 is 8.05. The molecule has 0 spiro atoms. The van der Waals surface area contributed by atoms with Crippen LogP contribution in [0.15, 0.2) is 0 Å². The molecule has 92 valence electrons. The van der Waals surface area contributed by atoms with Gasteiger partial charge in [0.1, 0.15) is 0 Å². The van der Waals surface area contributed by atoms with Crippen molar-refractivity contribution in [3.05, 3.63) is 16.4 Å². The van der Waals surface area contributed by atoms with Crippen LogP contribution in [0.1, 0.15) is 25.2 Å². The van der Waals surface area contributed by atoms with Crippen LogP contribution in [0.2, 0.25) is 5.02 Å². The van der Waals surface area contributed by atoms with Crippen molar-refractivity contribution in [2.45, 2.75) is 38.5 Å². The molecule has 0 aliphatic rings. The molecule has 1 heterocycles. The molecule has 0 aliphatic carbocycles. The van der Waals surface area contributed by atoms with Gasteiger partial charge in [-0.3, -0.25) is 4.68 Å². The topological polar surface area (TPSA) is 43.8 Å². The van der Waals surface area contributed by atoms with E-state index in [1.54, 1.807) is 0 Å². The van der Waals surface area contributed by atoms with E-state index in [1.165, 1.54) is 0 Å². The summed E-state index contributed by atoms with van der Waals surface area (Å²) in [7, 11) is 1.91. The number of nitrogens with zero attached hydrogens (tertiary/aromatic N) is 2. The van der Waals surface area contributed by atoms with Gasteiger partial charge >= 0.3 is 0 Å². The molecule has 1 aromatic rings. The standard InChI is InChI=1S/C11H20ClN3S/c1-7(2)16-6-9(13)5-10-11(12)8(3)14-15(10)4/h7,9H,5-6,13H2,1-4H3. The monoisotopic (exact) mass is 261 g/mol. The van der Waals surface area contributed by atoms with Crippen molar-refractivity contribution in [1.29, 1.82) is 0 Å². The van der Waals surface area contributed by atoms with E-state index in [4.69, 9.17) is 17.3 Å². The maximum atomic E-state index is 6.18.